The van der Waals surface area contributed by atoms with E-state index in [0.717, 1.165) is 5.56 Å². The van der Waals surface area contributed by atoms with Crippen molar-refractivity contribution in [2.75, 3.05) is 6.61 Å². The maximum atomic E-state index is 8.75. The van der Waals surface area contributed by atoms with Gasteiger partial charge in [0.1, 0.15) is 11.8 Å². The van der Waals surface area contributed by atoms with E-state index in [-0.39, 0.29) is 0 Å². The fourth-order valence-electron chi connectivity index (χ4n) is 1.20. The van der Waals surface area contributed by atoms with Crippen molar-refractivity contribution in [1.82, 2.24) is 10.0 Å². The molecule has 1 heterocycles. The number of aryl methyl sites for hydroxylation is 1. The number of aromatic nitrogens is 1. The standard InChI is InChI=1S/C11H17N3O/c1-9(2)8-15-13-6-10-4-11(5-12)14(3)7-10/h4,7,9,13H,6,8H2,1-3H3. The molecule has 1 aromatic heterocycles. The minimum Gasteiger partial charge on any atom is -0.342 e. The highest BCUT2D eigenvalue weighted by Crippen LogP contribution is 2.05. The molecule has 0 saturated heterocycles. The summed E-state index contributed by atoms with van der Waals surface area (Å²) in [4.78, 5) is 5.24. The lowest BCUT2D eigenvalue weighted by molar-refractivity contribution is 0.0196. The Labute approximate surface area is 90.4 Å². The van der Waals surface area contributed by atoms with Crippen molar-refractivity contribution in [2.45, 2.75) is 20.4 Å². The van der Waals surface area contributed by atoms with Gasteiger partial charge < -0.3 is 9.40 Å². The predicted molar refractivity (Wildman–Crippen MR) is 57.8 cm³/mol. The number of nitrogens with zero attached hydrogens (tertiary/aromatic N) is 2. The molecular weight excluding hydrogens is 190 g/mol. The van der Waals surface area contributed by atoms with Gasteiger partial charge in [0, 0.05) is 19.8 Å². The summed E-state index contributed by atoms with van der Waals surface area (Å²) in [5.74, 6) is 0.517. The molecule has 0 unspecified atom stereocenters. The van der Waals surface area contributed by atoms with Gasteiger partial charge in [-0.2, -0.15) is 10.7 Å². The third-order valence-corrected chi connectivity index (χ3v) is 1.97. The lowest BCUT2D eigenvalue weighted by Crippen LogP contribution is -2.17. The number of hydroxylamine groups is 1. The summed E-state index contributed by atoms with van der Waals surface area (Å²) >= 11 is 0. The fourth-order valence-corrected chi connectivity index (χ4v) is 1.20. The van der Waals surface area contributed by atoms with Crippen LogP contribution >= 0.6 is 0 Å². The highest BCUT2D eigenvalue weighted by Gasteiger charge is 2.01. The van der Waals surface area contributed by atoms with E-state index in [1.807, 2.05) is 19.3 Å². The second kappa shape index (κ2) is 5.54. The van der Waals surface area contributed by atoms with Gasteiger partial charge in [-0.1, -0.05) is 13.8 Å². The maximum Gasteiger partial charge on any atom is 0.120 e. The highest BCUT2D eigenvalue weighted by molar-refractivity contribution is 5.28. The SMILES string of the molecule is CC(C)CONCc1cc(C#N)n(C)c1. The average Bonchev–Trinajstić information content (AvgIpc) is 2.53. The van der Waals surface area contributed by atoms with E-state index in [0.29, 0.717) is 24.8 Å². The van der Waals surface area contributed by atoms with Gasteiger partial charge in [0.25, 0.3) is 0 Å². The van der Waals surface area contributed by atoms with Gasteiger partial charge in [0.15, 0.2) is 0 Å². The Morgan fingerprint density at radius 1 is 1.60 bits per heavy atom. The molecule has 1 N–H and O–H groups in total. The van der Waals surface area contributed by atoms with Crippen molar-refractivity contribution in [3.63, 3.8) is 0 Å². The minimum absolute atomic E-state index is 0.517. The van der Waals surface area contributed by atoms with Crippen molar-refractivity contribution in [3.8, 4) is 6.07 Å². The summed E-state index contributed by atoms with van der Waals surface area (Å²) in [5.41, 5.74) is 4.59. The van der Waals surface area contributed by atoms with Crippen LogP contribution in [0.5, 0.6) is 0 Å². The summed E-state index contributed by atoms with van der Waals surface area (Å²) in [5, 5.41) is 8.75. The summed E-state index contributed by atoms with van der Waals surface area (Å²) in [7, 11) is 1.86. The Balaban J connectivity index is 2.35. The number of nitriles is 1. The van der Waals surface area contributed by atoms with Gasteiger partial charge in [-0.3, -0.25) is 0 Å². The molecule has 4 nitrogen and oxygen atoms in total. The molecule has 4 heteroatoms. The Hall–Kier alpha value is -1.31. The molecule has 0 bridgehead atoms. The second-order valence-corrected chi connectivity index (χ2v) is 3.98. The van der Waals surface area contributed by atoms with Crippen LogP contribution in [-0.2, 0) is 18.4 Å². The van der Waals surface area contributed by atoms with Crippen LogP contribution in [0.3, 0.4) is 0 Å². The molecule has 0 atom stereocenters. The van der Waals surface area contributed by atoms with Gasteiger partial charge in [0.05, 0.1) is 6.61 Å². The zero-order valence-corrected chi connectivity index (χ0v) is 9.45. The first-order valence-corrected chi connectivity index (χ1v) is 5.03. The summed E-state index contributed by atoms with van der Waals surface area (Å²) in [6.45, 7) is 5.51. The van der Waals surface area contributed by atoms with Crippen LogP contribution in [-0.4, -0.2) is 11.2 Å². The van der Waals surface area contributed by atoms with Crippen LogP contribution < -0.4 is 5.48 Å². The van der Waals surface area contributed by atoms with Crippen molar-refractivity contribution in [3.05, 3.63) is 23.5 Å². The molecule has 0 radical (unpaired) electrons. The third kappa shape index (κ3) is 3.74. The normalized spacial score (nSPS) is 10.6. The van der Waals surface area contributed by atoms with Crippen LogP contribution in [0.1, 0.15) is 25.1 Å². The Kier molecular flexibility index (Phi) is 4.35. The van der Waals surface area contributed by atoms with E-state index in [1.165, 1.54) is 0 Å². The van der Waals surface area contributed by atoms with Gasteiger partial charge in [-0.05, 0) is 17.5 Å². The lowest BCUT2D eigenvalue weighted by Gasteiger charge is -2.06. The van der Waals surface area contributed by atoms with E-state index in [1.54, 1.807) is 4.57 Å². The molecule has 82 valence electrons. The minimum atomic E-state index is 0.517. The Bertz CT molecular complexity index is 349. The molecule has 0 fully saturated rings. The third-order valence-electron chi connectivity index (χ3n) is 1.97. The van der Waals surface area contributed by atoms with Crippen molar-refractivity contribution >= 4 is 0 Å². The van der Waals surface area contributed by atoms with E-state index in [9.17, 15) is 0 Å². The largest absolute Gasteiger partial charge is 0.342 e. The fraction of sp³-hybridized carbons (Fsp3) is 0.545. The molecule has 1 rings (SSSR count). The predicted octanol–water partition coefficient (Wildman–Crippen LogP) is 1.57. The summed E-state index contributed by atoms with van der Waals surface area (Å²) in [6.07, 6.45) is 1.92. The van der Waals surface area contributed by atoms with Crippen molar-refractivity contribution < 1.29 is 4.84 Å². The first-order valence-electron chi connectivity index (χ1n) is 5.03. The monoisotopic (exact) mass is 207 g/mol. The quantitative estimate of drug-likeness (QED) is 0.589. The first-order chi connectivity index (χ1) is 7.13. The molecule has 0 aliphatic rings. The average molecular weight is 207 g/mol. The maximum absolute atomic E-state index is 8.75. The molecule has 0 spiro atoms. The Morgan fingerprint density at radius 2 is 2.33 bits per heavy atom. The number of nitrogens with one attached hydrogen (secondary N) is 1. The van der Waals surface area contributed by atoms with Gasteiger partial charge in [-0.15, -0.1) is 0 Å². The van der Waals surface area contributed by atoms with E-state index < -0.39 is 0 Å². The molecule has 0 aliphatic carbocycles. The molecule has 15 heavy (non-hydrogen) atoms. The topological polar surface area (TPSA) is 50.0 Å². The smallest absolute Gasteiger partial charge is 0.120 e. The van der Waals surface area contributed by atoms with Crippen molar-refractivity contribution in [2.24, 2.45) is 13.0 Å². The summed E-state index contributed by atoms with van der Waals surface area (Å²) in [6, 6.07) is 3.97. The Morgan fingerprint density at radius 3 is 2.87 bits per heavy atom. The van der Waals surface area contributed by atoms with E-state index >= 15 is 0 Å². The zero-order chi connectivity index (χ0) is 11.3. The van der Waals surface area contributed by atoms with Crippen LogP contribution in [0.15, 0.2) is 12.3 Å². The molecule has 1 aromatic rings. The van der Waals surface area contributed by atoms with Gasteiger partial charge in [0.2, 0.25) is 0 Å². The highest BCUT2D eigenvalue weighted by atomic mass is 16.6. The molecular formula is C11H17N3O. The van der Waals surface area contributed by atoms with Crippen molar-refractivity contribution in [1.29, 1.82) is 5.26 Å². The number of hydrogen-bond donors (Lipinski definition) is 1. The van der Waals surface area contributed by atoms with E-state index in [4.69, 9.17) is 10.1 Å². The number of rotatable bonds is 5. The second-order valence-electron chi connectivity index (χ2n) is 3.98. The molecule has 0 saturated carbocycles. The van der Waals surface area contributed by atoms with Crippen LogP contribution in [0, 0.1) is 17.2 Å². The summed E-state index contributed by atoms with van der Waals surface area (Å²) < 4.78 is 1.81. The van der Waals surface area contributed by atoms with Crippen LogP contribution in [0.2, 0.25) is 0 Å². The van der Waals surface area contributed by atoms with Gasteiger partial charge >= 0.3 is 0 Å². The van der Waals surface area contributed by atoms with Crippen LogP contribution in [0.25, 0.3) is 0 Å². The zero-order valence-electron chi connectivity index (χ0n) is 9.45. The number of hydrogen-bond acceptors (Lipinski definition) is 3. The lowest BCUT2D eigenvalue weighted by atomic mass is 10.2. The van der Waals surface area contributed by atoms with Crippen LogP contribution in [0.4, 0.5) is 0 Å². The van der Waals surface area contributed by atoms with Gasteiger partial charge in [-0.25, -0.2) is 0 Å². The molecule has 0 aromatic carbocycles. The van der Waals surface area contributed by atoms with E-state index in [2.05, 4.69) is 25.4 Å². The molecule has 0 aliphatic heterocycles. The first kappa shape index (κ1) is 11.8. The molecule has 0 amide bonds.